The molecule has 1 aromatic rings. The second kappa shape index (κ2) is 4.68. The molecule has 0 aliphatic rings. The molecule has 1 aromatic heterocycles. The van der Waals surface area contributed by atoms with Crippen LogP contribution in [0.3, 0.4) is 0 Å². The van der Waals surface area contributed by atoms with E-state index in [2.05, 4.69) is 9.72 Å². The highest BCUT2D eigenvalue weighted by atomic mass is 19.3. The Morgan fingerprint density at radius 1 is 1.60 bits per heavy atom. The zero-order valence-electron chi connectivity index (χ0n) is 7.92. The van der Waals surface area contributed by atoms with E-state index in [9.17, 15) is 18.4 Å². The second-order valence-electron chi connectivity index (χ2n) is 2.80. The Morgan fingerprint density at radius 3 is 2.80 bits per heavy atom. The molecule has 1 N–H and O–H groups in total. The standard InChI is InChI=1S/C9H9F2NO3/c1-15-6(13)4-5-2-3-12-9(14)7(5)8(10)11/h2-3,8H,4H2,1H3,(H,12,14). The molecule has 0 fully saturated rings. The number of nitrogens with one attached hydrogen (secondary N) is 1. The van der Waals surface area contributed by atoms with Gasteiger partial charge in [0.25, 0.3) is 12.0 Å². The van der Waals surface area contributed by atoms with E-state index < -0.39 is 23.5 Å². The quantitative estimate of drug-likeness (QED) is 0.769. The summed E-state index contributed by atoms with van der Waals surface area (Å²) >= 11 is 0. The summed E-state index contributed by atoms with van der Waals surface area (Å²) in [5, 5.41) is 0. The molecule has 0 saturated carbocycles. The van der Waals surface area contributed by atoms with E-state index in [-0.39, 0.29) is 12.0 Å². The minimum absolute atomic E-state index is 0.0133. The number of aromatic amines is 1. The number of H-pyrrole nitrogens is 1. The fourth-order valence-corrected chi connectivity index (χ4v) is 1.15. The van der Waals surface area contributed by atoms with Crippen molar-refractivity contribution in [1.82, 2.24) is 4.98 Å². The zero-order valence-corrected chi connectivity index (χ0v) is 7.92. The lowest BCUT2D eigenvalue weighted by molar-refractivity contribution is -0.139. The first-order valence-electron chi connectivity index (χ1n) is 4.11. The number of alkyl halides is 2. The number of halogens is 2. The van der Waals surface area contributed by atoms with E-state index in [0.29, 0.717) is 0 Å². The summed E-state index contributed by atoms with van der Waals surface area (Å²) < 4.78 is 29.3. The topological polar surface area (TPSA) is 59.2 Å². The van der Waals surface area contributed by atoms with Crippen LogP contribution in [0.4, 0.5) is 8.78 Å². The van der Waals surface area contributed by atoms with E-state index in [1.54, 1.807) is 0 Å². The number of ether oxygens (including phenoxy) is 1. The molecule has 0 amide bonds. The first-order valence-corrected chi connectivity index (χ1v) is 4.11. The van der Waals surface area contributed by atoms with Gasteiger partial charge >= 0.3 is 5.97 Å². The molecule has 0 saturated heterocycles. The Labute approximate surface area is 83.9 Å². The lowest BCUT2D eigenvalue weighted by Crippen LogP contribution is -2.17. The average molecular weight is 217 g/mol. The van der Waals surface area contributed by atoms with Crippen molar-refractivity contribution in [2.75, 3.05) is 7.11 Å². The molecular weight excluding hydrogens is 208 g/mol. The highest BCUT2D eigenvalue weighted by Crippen LogP contribution is 2.19. The van der Waals surface area contributed by atoms with E-state index >= 15 is 0 Å². The number of carbonyl (C=O) groups is 1. The third-order valence-electron chi connectivity index (χ3n) is 1.87. The van der Waals surface area contributed by atoms with Gasteiger partial charge in [-0.05, 0) is 11.6 Å². The third kappa shape index (κ3) is 2.61. The maximum Gasteiger partial charge on any atom is 0.309 e. The van der Waals surface area contributed by atoms with Crippen molar-refractivity contribution in [2.24, 2.45) is 0 Å². The van der Waals surface area contributed by atoms with Crippen LogP contribution in [0.25, 0.3) is 0 Å². The van der Waals surface area contributed by atoms with Gasteiger partial charge < -0.3 is 9.72 Å². The van der Waals surface area contributed by atoms with Gasteiger partial charge in [0.2, 0.25) is 0 Å². The summed E-state index contributed by atoms with van der Waals surface area (Å²) in [6.45, 7) is 0. The number of methoxy groups -OCH3 is 1. The molecule has 6 heteroatoms. The van der Waals surface area contributed by atoms with Gasteiger partial charge in [0.15, 0.2) is 0 Å². The van der Waals surface area contributed by atoms with Crippen LogP contribution in [0.5, 0.6) is 0 Å². The number of hydrogen-bond acceptors (Lipinski definition) is 3. The third-order valence-corrected chi connectivity index (χ3v) is 1.87. The molecule has 4 nitrogen and oxygen atoms in total. The van der Waals surface area contributed by atoms with Crippen LogP contribution in [-0.4, -0.2) is 18.1 Å². The van der Waals surface area contributed by atoms with Crippen molar-refractivity contribution in [3.63, 3.8) is 0 Å². The Kier molecular flexibility index (Phi) is 3.54. The van der Waals surface area contributed by atoms with Crippen molar-refractivity contribution >= 4 is 5.97 Å². The highest BCUT2D eigenvalue weighted by Gasteiger charge is 2.18. The molecule has 15 heavy (non-hydrogen) atoms. The first-order chi connectivity index (χ1) is 7.06. The predicted octanol–water partition coefficient (Wildman–Crippen LogP) is 1.03. The number of carbonyl (C=O) groups excluding carboxylic acids is 1. The van der Waals surface area contributed by atoms with E-state index in [1.165, 1.54) is 12.3 Å². The molecule has 0 spiro atoms. The fourth-order valence-electron chi connectivity index (χ4n) is 1.15. The number of rotatable bonds is 3. The minimum Gasteiger partial charge on any atom is -0.469 e. The van der Waals surface area contributed by atoms with Crippen LogP contribution in [0.1, 0.15) is 17.6 Å². The second-order valence-corrected chi connectivity index (χ2v) is 2.80. The van der Waals surface area contributed by atoms with Crippen molar-refractivity contribution in [3.05, 3.63) is 33.7 Å². The van der Waals surface area contributed by atoms with Crippen LogP contribution in [0, 0.1) is 0 Å². The van der Waals surface area contributed by atoms with Crippen LogP contribution >= 0.6 is 0 Å². The molecule has 0 radical (unpaired) electrons. The maximum absolute atomic E-state index is 12.5. The van der Waals surface area contributed by atoms with E-state index in [1.807, 2.05) is 0 Å². The zero-order chi connectivity index (χ0) is 11.4. The molecule has 0 aromatic carbocycles. The van der Waals surface area contributed by atoms with E-state index in [4.69, 9.17) is 0 Å². The van der Waals surface area contributed by atoms with Gasteiger partial charge in [-0.2, -0.15) is 0 Å². The van der Waals surface area contributed by atoms with Crippen molar-refractivity contribution in [2.45, 2.75) is 12.8 Å². The molecule has 0 atom stereocenters. The highest BCUT2D eigenvalue weighted by molar-refractivity contribution is 5.72. The normalized spacial score (nSPS) is 10.4. The van der Waals surface area contributed by atoms with Gasteiger partial charge in [-0.3, -0.25) is 9.59 Å². The number of pyridine rings is 1. The van der Waals surface area contributed by atoms with Gasteiger partial charge in [0.05, 0.1) is 19.1 Å². The Balaban J connectivity index is 3.12. The Hall–Kier alpha value is -1.72. The SMILES string of the molecule is COC(=O)Cc1cc[nH]c(=O)c1C(F)F. The first kappa shape index (κ1) is 11.4. The smallest absolute Gasteiger partial charge is 0.309 e. The molecule has 1 rings (SSSR count). The molecule has 1 heterocycles. The Bertz CT molecular complexity index is 414. The summed E-state index contributed by atoms with van der Waals surface area (Å²) in [5.41, 5.74) is -1.57. The van der Waals surface area contributed by atoms with E-state index in [0.717, 1.165) is 7.11 Å². The predicted molar refractivity (Wildman–Crippen MR) is 47.7 cm³/mol. The molecule has 0 bridgehead atoms. The molecule has 0 aliphatic carbocycles. The van der Waals surface area contributed by atoms with Crippen molar-refractivity contribution in [3.8, 4) is 0 Å². The monoisotopic (exact) mass is 217 g/mol. The summed E-state index contributed by atoms with van der Waals surface area (Å²) in [6, 6.07) is 1.26. The van der Waals surface area contributed by atoms with Gasteiger partial charge in [-0.1, -0.05) is 0 Å². The fraction of sp³-hybridized carbons (Fsp3) is 0.333. The largest absolute Gasteiger partial charge is 0.469 e. The van der Waals surface area contributed by atoms with Gasteiger partial charge in [-0.15, -0.1) is 0 Å². The molecule has 82 valence electrons. The van der Waals surface area contributed by atoms with Crippen LogP contribution in [0.2, 0.25) is 0 Å². The van der Waals surface area contributed by atoms with Crippen molar-refractivity contribution in [1.29, 1.82) is 0 Å². The van der Waals surface area contributed by atoms with Gasteiger partial charge in [0.1, 0.15) is 0 Å². The summed E-state index contributed by atoms with van der Waals surface area (Å²) in [6.07, 6.45) is -2.03. The molecular formula is C9H9F2NO3. The van der Waals surface area contributed by atoms with Crippen LogP contribution in [-0.2, 0) is 16.0 Å². The van der Waals surface area contributed by atoms with Gasteiger partial charge in [-0.25, -0.2) is 8.78 Å². The lowest BCUT2D eigenvalue weighted by Gasteiger charge is -2.05. The molecule has 0 aliphatic heterocycles. The average Bonchev–Trinajstić information content (AvgIpc) is 2.17. The summed E-state index contributed by atoms with van der Waals surface area (Å²) in [4.78, 5) is 24.1. The summed E-state index contributed by atoms with van der Waals surface area (Å²) in [5.74, 6) is -0.664. The van der Waals surface area contributed by atoms with Crippen LogP contribution in [0.15, 0.2) is 17.1 Å². The molecule has 0 unspecified atom stereocenters. The lowest BCUT2D eigenvalue weighted by atomic mass is 10.1. The van der Waals surface area contributed by atoms with Crippen molar-refractivity contribution < 1.29 is 18.3 Å². The minimum atomic E-state index is -2.91. The Morgan fingerprint density at radius 2 is 2.27 bits per heavy atom. The number of aromatic nitrogens is 1. The van der Waals surface area contributed by atoms with Gasteiger partial charge in [0, 0.05) is 6.20 Å². The van der Waals surface area contributed by atoms with Crippen LogP contribution < -0.4 is 5.56 Å². The number of hydrogen-bond donors (Lipinski definition) is 1. The summed E-state index contributed by atoms with van der Waals surface area (Å²) in [7, 11) is 1.15. The maximum atomic E-state index is 12.5. The number of esters is 1.